The monoisotopic (exact) mass is 1100 g/mol. The van der Waals surface area contributed by atoms with Gasteiger partial charge in [-0.3, -0.25) is 4.79 Å². The SMILES string of the molecule is C[C@@H]1O[C@@H](O[C@H]2[C@H](O[C@H]3[C@H](O[C@H]4CC[C@@]5(C)C(CC[C@]6(C)C5CC=C5C7[C@](C(=O)O[C@@H]8O[C@H](CO)[C@@H](O)[C@H](O)[C@H]8O)(CC[C@@H](C)[C@@]7(C)O)CC[C@]56C)C4(C)C)O[C@H](CO)[C@@H](O)[C@@H]3O)O[C@H](CO)[C@@H](O)[C@@H]2O)[C@H](O)[C@H](O)[C@H]1O. The Hall–Kier alpha value is -1.63. The van der Waals surface area contributed by atoms with E-state index >= 15 is 0 Å². The fraction of sp³-hybridized carbons (Fsp3) is 0.944. The number of carbonyl (C=O) groups is 1. The predicted octanol–water partition coefficient (Wildman–Crippen LogP) is -2.04. The zero-order valence-electron chi connectivity index (χ0n) is 45.4. The van der Waals surface area contributed by atoms with Gasteiger partial charge in [0.2, 0.25) is 6.29 Å². The van der Waals surface area contributed by atoms with Crippen molar-refractivity contribution in [2.45, 2.75) is 248 Å². The highest BCUT2D eigenvalue weighted by molar-refractivity contribution is 5.79. The summed E-state index contributed by atoms with van der Waals surface area (Å²) in [6.45, 7) is 14.2. The smallest absolute Gasteiger partial charge is 0.315 e. The number of carbonyl (C=O) groups excluding carboxylic acids is 1. The molecule has 8 fully saturated rings. The molecule has 9 rings (SSSR count). The second kappa shape index (κ2) is 21.5. The van der Waals surface area contributed by atoms with Crippen LogP contribution in [0.3, 0.4) is 0 Å². The van der Waals surface area contributed by atoms with Gasteiger partial charge >= 0.3 is 5.97 Å². The van der Waals surface area contributed by atoms with E-state index in [1.54, 1.807) is 6.92 Å². The van der Waals surface area contributed by atoms with E-state index in [4.69, 9.17) is 37.9 Å². The lowest BCUT2D eigenvalue weighted by Crippen LogP contribution is -2.69. The van der Waals surface area contributed by atoms with Gasteiger partial charge in [0.1, 0.15) is 91.6 Å². The van der Waals surface area contributed by atoms with Crippen LogP contribution in [0.5, 0.6) is 0 Å². The van der Waals surface area contributed by atoms with E-state index < -0.39 is 182 Å². The van der Waals surface area contributed by atoms with E-state index in [9.17, 15) is 76.3 Å². The third kappa shape index (κ3) is 9.42. The standard InChI is InChI=1S/C54H88O23/c1-22-11-16-54(48(68)77-45-40(67)36(63)32(59)25(19-55)71-45)18-17-51(6)24(43(54)53(22,8)69)9-10-29-50(5)14-13-30(49(3,4)28(50)12-15-52(29,51)7)74-46-41(37(64)33(60)26(20-56)72-46)76-47-42(38(65)34(61)27(21-57)73-47)75-44-39(66)35(62)31(58)23(2)70-44/h9,22-23,25-47,55-67,69H,10-21H2,1-8H3/t22-,23+,25-,26-,27-,28?,29?,30+,31+,32-,33-,34-,35-,36+,37+,38+,39-,40-,41-,42-,43?,44+,45+,46+,47+,50+,51-,52-,53-,54+/m1/s1. The van der Waals surface area contributed by atoms with Gasteiger partial charge in [-0.15, -0.1) is 0 Å². The average molecular weight is 1110 g/mol. The van der Waals surface area contributed by atoms with Crippen molar-refractivity contribution in [1.82, 2.24) is 0 Å². The van der Waals surface area contributed by atoms with Gasteiger partial charge in [-0.25, -0.2) is 0 Å². The van der Waals surface area contributed by atoms with Crippen molar-refractivity contribution in [3.63, 3.8) is 0 Å². The molecule has 3 unspecified atom stereocenters. The molecule has 14 N–H and O–H groups in total. The number of aliphatic hydroxyl groups is 14. The second-order valence-electron chi connectivity index (χ2n) is 25.9. The van der Waals surface area contributed by atoms with Crippen LogP contribution >= 0.6 is 0 Å². The molecule has 5 aliphatic carbocycles. The molecule has 0 amide bonds. The minimum atomic E-state index is -1.88. The van der Waals surface area contributed by atoms with Crippen molar-refractivity contribution < 1.29 is 114 Å². The lowest BCUT2D eigenvalue weighted by molar-refractivity contribution is -0.397. The molecule has 30 atom stereocenters. The van der Waals surface area contributed by atoms with Gasteiger partial charge in [0.05, 0.1) is 43.0 Å². The predicted molar refractivity (Wildman–Crippen MR) is 263 cm³/mol. The summed E-state index contributed by atoms with van der Waals surface area (Å²) in [4.78, 5) is 14.8. The number of aliphatic hydroxyl groups excluding tert-OH is 13. The summed E-state index contributed by atoms with van der Waals surface area (Å²) in [6, 6.07) is 0. The molecule has 0 aromatic rings. The molecular formula is C54H88O23. The van der Waals surface area contributed by atoms with Crippen LogP contribution in [0.25, 0.3) is 0 Å². The van der Waals surface area contributed by atoms with Crippen LogP contribution in [-0.4, -0.2) is 232 Å². The van der Waals surface area contributed by atoms with Crippen molar-refractivity contribution in [3.05, 3.63) is 11.6 Å². The first-order chi connectivity index (χ1) is 36.0. The van der Waals surface area contributed by atoms with Gasteiger partial charge in [-0.05, 0) is 111 Å². The topological polar surface area (TPSA) is 374 Å². The Bertz CT molecular complexity index is 2130. The van der Waals surface area contributed by atoms with Crippen LogP contribution in [0.2, 0.25) is 0 Å². The van der Waals surface area contributed by atoms with Crippen LogP contribution in [-0.2, 0) is 42.7 Å². The van der Waals surface area contributed by atoms with E-state index in [1.165, 1.54) is 6.92 Å². The molecule has 0 bridgehead atoms. The number of allylic oxidation sites excluding steroid dienone is 1. The Morgan fingerprint density at radius 2 is 1.08 bits per heavy atom. The summed E-state index contributed by atoms with van der Waals surface area (Å²) in [7, 11) is 0. The number of rotatable bonds is 11. The molecule has 77 heavy (non-hydrogen) atoms. The molecule has 23 nitrogen and oxygen atoms in total. The summed E-state index contributed by atoms with van der Waals surface area (Å²) >= 11 is 0. The van der Waals surface area contributed by atoms with Gasteiger partial charge in [0.25, 0.3) is 0 Å². The van der Waals surface area contributed by atoms with Crippen molar-refractivity contribution >= 4 is 5.97 Å². The van der Waals surface area contributed by atoms with E-state index in [0.29, 0.717) is 44.9 Å². The number of hydrogen-bond acceptors (Lipinski definition) is 23. The first kappa shape index (κ1) is 60.0. The molecule has 0 radical (unpaired) electrons. The minimum Gasteiger partial charge on any atom is -0.432 e. The molecule has 0 aromatic heterocycles. The quantitative estimate of drug-likeness (QED) is 0.0602. The highest BCUT2D eigenvalue weighted by Gasteiger charge is 2.72. The van der Waals surface area contributed by atoms with Gasteiger partial charge in [0.15, 0.2) is 18.9 Å². The molecule has 4 heterocycles. The van der Waals surface area contributed by atoms with Crippen molar-refractivity contribution in [2.24, 2.45) is 50.7 Å². The molecule has 4 saturated carbocycles. The molecule has 4 saturated heterocycles. The van der Waals surface area contributed by atoms with Crippen LogP contribution < -0.4 is 0 Å². The van der Waals surface area contributed by atoms with E-state index in [-0.39, 0.29) is 28.6 Å². The zero-order chi connectivity index (χ0) is 56.4. The fourth-order valence-corrected chi connectivity index (χ4v) is 16.7. The van der Waals surface area contributed by atoms with Gasteiger partial charge in [-0.1, -0.05) is 53.2 Å². The normalized spacial score (nSPS) is 55.7. The molecule has 9 aliphatic rings. The molecular weight excluding hydrogens is 1020 g/mol. The third-order valence-electron chi connectivity index (χ3n) is 21.8. The second-order valence-corrected chi connectivity index (χ2v) is 25.9. The largest absolute Gasteiger partial charge is 0.432 e. The van der Waals surface area contributed by atoms with Crippen LogP contribution in [0, 0.1) is 50.7 Å². The zero-order valence-corrected chi connectivity index (χ0v) is 45.4. The first-order valence-electron chi connectivity index (χ1n) is 27.9. The van der Waals surface area contributed by atoms with Crippen molar-refractivity contribution in [1.29, 1.82) is 0 Å². The molecule has 23 heteroatoms. The van der Waals surface area contributed by atoms with E-state index in [1.807, 2.05) is 6.92 Å². The lowest BCUT2D eigenvalue weighted by Gasteiger charge is -2.72. The maximum Gasteiger partial charge on any atom is 0.315 e. The third-order valence-corrected chi connectivity index (χ3v) is 21.8. The maximum absolute atomic E-state index is 14.8. The van der Waals surface area contributed by atoms with E-state index in [2.05, 4.69) is 40.7 Å². The molecule has 442 valence electrons. The van der Waals surface area contributed by atoms with Gasteiger partial charge < -0.3 is 109 Å². The lowest BCUT2D eigenvalue weighted by atomic mass is 9.33. The van der Waals surface area contributed by atoms with Gasteiger partial charge in [-0.2, -0.15) is 0 Å². The summed E-state index contributed by atoms with van der Waals surface area (Å²) in [5, 5.41) is 152. The summed E-state index contributed by atoms with van der Waals surface area (Å²) in [6.07, 6.45) is -25.7. The van der Waals surface area contributed by atoms with E-state index in [0.717, 1.165) is 18.4 Å². The van der Waals surface area contributed by atoms with Gasteiger partial charge in [0, 0.05) is 5.92 Å². The first-order valence-corrected chi connectivity index (χ1v) is 27.9. The Labute approximate surface area is 449 Å². The highest BCUT2D eigenvalue weighted by Crippen LogP contribution is 2.76. The van der Waals surface area contributed by atoms with Crippen LogP contribution in [0.1, 0.15) is 113 Å². The number of esters is 1. The van der Waals surface area contributed by atoms with Crippen molar-refractivity contribution in [2.75, 3.05) is 19.8 Å². The van der Waals surface area contributed by atoms with Crippen molar-refractivity contribution in [3.8, 4) is 0 Å². The summed E-state index contributed by atoms with van der Waals surface area (Å²) < 4.78 is 48.5. The highest BCUT2D eigenvalue weighted by atomic mass is 16.8. The Morgan fingerprint density at radius 3 is 1.66 bits per heavy atom. The molecule has 4 aliphatic heterocycles. The summed E-state index contributed by atoms with van der Waals surface area (Å²) in [5.41, 5.74) is -3.32. The number of hydrogen-bond donors (Lipinski definition) is 14. The minimum absolute atomic E-state index is 0.0334. The Balaban J connectivity index is 0.975. The maximum atomic E-state index is 14.8. The number of fused-ring (bicyclic) bond motifs is 7. The fourth-order valence-electron chi connectivity index (χ4n) is 16.7. The van der Waals surface area contributed by atoms with Crippen LogP contribution in [0.15, 0.2) is 11.6 Å². The Kier molecular flexibility index (Phi) is 16.8. The Morgan fingerprint density at radius 1 is 0.558 bits per heavy atom. The van der Waals surface area contributed by atoms with Crippen LogP contribution in [0.4, 0.5) is 0 Å². The molecule has 0 aromatic carbocycles. The summed E-state index contributed by atoms with van der Waals surface area (Å²) in [5.74, 6) is -1.41. The average Bonchev–Trinajstić information content (AvgIpc) is 3.38. The number of ether oxygens (including phenoxy) is 8. The molecule has 0 spiro atoms.